The minimum absolute atomic E-state index is 0.0457. The van der Waals surface area contributed by atoms with E-state index in [1.54, 1.807) is 13.8 Å². The van der Waals surface area contributed by atoms with Gasteiger partial charge in [-0.25, -0.2) is 4.79 Å². The molecule has 76 valence electrons. The van der Waals surface area contributed by atoms with Gasteiger partial charge in [0.15, 0.2) is 0 Å². The maximum Gasteiger partial charge on any atom is 0.339 e. The fraction of sp³-hybridized carbons (Fsp3) is 0.300. The lowest BCUT2D eigenvalue weighted by Crippen LogP contribution is -2.05. The van der Waals surface area contributed by atoms with E-state index < -0.39 is 5.97 Å². The van der Waals surface area contributed by atoms with E-state index in [0.29, 0.717) is 11.1 Å². The van der Waals surface area contributed by atoms with Crippen molar-refractivity contribution < 1.29 is 19.7 Å². The molecule has 0 radical (unpaired) electrons. The van der Waals surface area contributed by atoms with E-state index in [1.165, 1.54) is 13.2 Å². The normalized spacial score (nSPS) is 9.93. The van der Waals surface area contributed by atoms with Crippen molar-refractivity contribution in [1.82, 2.24) is 0 Å². The molecule has 0 aromatic heterocycles. The van der Waals surface area contributed by atoms with Gasteiger partial charge in [-0.3, -0.25) is 0 Å². The lowest BCUT2D eigenvalue weighted by Gasteiger charge is -2.12. The van der Waals surface area contributed by atoms with E-state index in [2.05, 4.69) is 0 Å². The van der Waals surface area contributed by atoms with Crippen molar-refractivity contribution in [2.24, 2.45) is 0 Å². The highest BCUT2D eigenvalue weighted by atomic mass is 16.5. The van der Waals surface area contributed by atoms with Gasteiger partial charge in [0.05, 0.1) is 7.11 Å². The lowest BCUT2D eigenvalue weighted by molar-refractivity contribution is 0.0692. The number of phenolic OH excluding ortho intramolecular Hbond substituents is 1. The molecular formula is C10H12O4. The molecule has 0 bridgehead atoms. The SMILES string of the molecule is COc1c(C)c(O)cc(C)c1C(=O)O. The fourth-order valence-electron chi connectivity index (χ4n) is 1.39. The summed E-state index contributed by atoms with van der Waals surface area (Å²) < 4.78 is 4.96. The zero-order valence-electron chi connectivity index (χ0n) is 8.29. The predicted molar refractivity (Wildman–Crippen MR) is 51.1 cm³/mol. The Balaban J connectivity index is 3.55. The summed E-state index contributed by atoms with van der Waals surface area (Å²) in [7, 11) is 1.38. The van der Waals surface area contributed by atoms with Crippen molar-refractivity contribution >= 4 is 5.97 Å². The maximum atomic E-state index is 10.9. The van der Waals surface area contributed by atoms with E-state index in [9.17, 15) is 9.90 Å². The summed E-state index contributed by atoms with van der Waals surface area (Å²) in [5.74, 6) is -0.790. The predicted octanol–water partition coefficient (Wildman–Crippen LogP) is 1.72. The molecule has 0 saturated carbocycles. The van der Waals surface area contributed by atoms with Gasteiger partial charge in [0, 0.05) is 5.56 Å². The van der Waals surface area contributed by atoms with Crippen LogP contribution >= 0.6 is 0 Å². The Bertz CT molecular complexity index is 382. The fourth-order valence-corrected chi connectivity index (χ4v) is 1.39. The van der Waals surface area contributed by atoms with Gasteiger partial charge in [-0.15, -0.1) is 0 Å². The number of aromatic carboxylic acids is 1. The van der Waals surface area contributed by atoms with Gasteiger partial charge in [-0.2, -0.15) is 0 Å². The second-order valence-corrected chi connectivity index (χ2v) is 3.05. The Labute approximate surface area is 81.8 Å². The van der Waals surface area contributed by atoms with E-state index in [-0.39, 0.29) is 17.1 Å². The summed E-state index contributed by atoms with van der Waals surface area (Å²) in [6.45, 7) is 3.23. The molecule has 4 heteroatoms. The first-order valence-corrected chi connectivity index (χ1v) is 4.09. The molecule has 0 aliphatic rings. The van der Waals surface area contributed by atoms with Gasteiger partial charge in [0.1, 0.15) is 17.1 Å². The van der Waals surface area contributed by atoms with Crippen LogP contribution in [0.3, 0.4) is 0 Å². The molecule has 0 unspecified atom stereocenters. The highest BCUT2D eigenvalue weighted by Crippen LogP contribution is 2.33. The molecular weight excluding hydrogens is 184 g/mol. The first kappa shape index (κ1) is 10.4. The quantitative estimate of drug-likeness (QED) is 0.755. The second-order valence-electron chi connectivity index (χ2n) is 3.05. The highest BCUT2D eigenvalue weighted by Gasteiger charge is 2.18. The molecule has 0 aliphatic carbocycles. The molecule has 0 fully saturated rings. The van der Waals surface area contributed by atoms with Crippen LogP contribution in [0.4, 0.5) is 0 Å². The van der Waals surface area contributed by atoms with Crippen LogP contribution < -0.4 is 4.74 Å². The molecule has 0 atom stereocenters. The zero-order chi connectivity index (χ0) is 10.9. The molecule has 2 N–H and O–H groups in total. The van der Waals surface area contributed by atoms with E-state index in [1.807, 2.05) is 0 Å². The summed E-state index contributed by atoms with van der Waals surface area (Å²) in [4.78, 5) is 10.9. The third kappa shape index (κ3) is 1.51. The summed E-state index contributed by atoms with van der Waals surface area (Å²) in [6, 6.07) is 1.42. The molecule has 4 nitrogen and oxygen atoms in total. The van der Waals surface area contributed by atoms with Gasteiger partial charge in [0.2, 0.25) is 0 Å². The smallest absolute Gasteiger partial charge is 0.339 e. The second kappa shape index (κ2) is 3.57. The van der Waals surface area contributed by atoms with Crippen molar-refractivity contribution in [2.75, 3.05) is 7.11 Å². The number of hydrogen-bond donors (Lipinski definition) is 2. The number of benzene rings is 1. The van der Waals surface area contributed by atoms with E-state index >= 15 is 0 Å². The number of aromatic hydroxyl groups is 1. The van der Waals surface area contributed by atoms with Crippen LogP contribution in [0.15, 0.2) is 6.07 Å². The van der Waals surface area contributed by atoms with Crippen molar-refractivity contribution in [3.05, 3.63) is 22.8 Å². The summed E-state index contributed by atoms with van der Waals surface area (Å²) in [5.41, 5.74) is 1.02. The van der Waals surface area contributed by atoms with Crippen molar-refractivity contribution in [3.63, 3.8) is 0 Å². The molecule has 14 heavy (non-hydrogen) atoms. The Morgan fingerprint density at radius 1 is 1.43 bits per heavy atom. The van der Waals surface area contributed by atoms with Crippen LogP contribution in [-0.2, 0) is 0 Å². The van der Waals surface area contributed by atoms with Crippen LogP contribution in [-0.4, -0.2) is 23.3 Å². The van der Waals surface area contributed by atoms with E-state index in [0.717, 1.165) is 0 Å². The van der Waals surface area contributed by atoms with Gasteiger partial charge in [-0.1, -0.05) is 0 Å². The third-order valence-electron chi connectivity index (χ3n) is 2.12. The van der Waals surface area contributed by atoms with Crippen LogP contribution in [0.5, 0.6) is 11.5 Å². The number of carbonyl (C=O) groups is 1. The number of carboxylic acids is 1. The summed E-state index contributed by atoms with van der Waals surface area (Å²) >= 11 is 0. The lowest BCUT2D eigenvalue weighted by atomic mass is 10.0. The number of phenols is 1. The third-order valence-corrected chi connectivity index (χ3v) is 2.12. The minimum atomic E-state index is -1.05. The Kier molecular flexibility index (Phi) is 2.65. The average Bonchev–Trinajstić information content (AvgIpc) is 2.09. The number of carboxylic acid groups (broad SMARTS) is 1. The van der Waals surface area contributed by atoms with Crippen LogP contribution in [0, 0.1) is 13.8 Å². The van der Waals surface area contributed by atoms with Gasteiger partial charge < -0.3 is 14.9 Å². The van der Waals surface area contributed by atoms with Crippen LogP contribution in [0.2, 0.25) is 0 Å². The molecule has 1 rings (SSSR count). The number of aryl methyl sites for hydroxylation is 1. The zero-order valence-corrected chi connectivity index (χ0v) is 8.29. The first-order chi connectivity index (χ1) is 6.49. The molecule has 0 saturated heterocycles. The molecule has 0 aliphatic heterocycles. The highest BCUT2D eigenvalue weighted by molar-refractivity contribution is 5.93. The Morgan fingerprint density at radius 3 is 2.43 bits per heavy atom. The van der Waals surface area contributed by atoms with E-state index in [4.69, 9.17) is 9.84 Å². The van der Waals surface area contributed by atoms with Crippen molar-refractivity contribution in [2.45, 2.75) is 13.8 Å². The molecule has 0 heterocycles. The number of hydrogen-bond acceptors (Lipinski definition) is 3. The molecule has 1 aromatic rings. The average molecular weight is 196 g/mol. The summed E-state index contributed by atoms with van der Waals surface area (Å²) in [5, 5.41) is 18.4. The maximum absolute atomic E-state index is 10.9. The minimum Gasteiger partial charge on any atom is -0.508 e. The Morgan fingerprint density at radius 2 is 2.00 bits per heavy atom. The monoisotopic (exact) mass is 196 g/mol. The molecule has 0 amide bonds. The standard InChI is InChI=1S/C10H12O4/c1-5-4-7(11)6(2)9(14-3)8(5)10(12)13/h4,11H,1-3H3,(H,12,13). The van der Waals surface area contributed by atoms with Crippen molar-refractivity contribution in [1.29, 1.82) is 0 Å². The Hall–Kier alpha value is -1.71. The largest absolute Gasteiger partial charge is 0.508 e. The van der Waals surface area contributed by atoms with Gasteiger partial charge >= 0.3 is 5.97 Å². The number of ether oxygens (including phenoxy) is 1. The van der Waals surface area contributed by atoms with Gasteiger partial charge in [-0.05, 0) is 25.5 Å². The van der Waals surface area contributed by atoms with Crippen LogP contribution in [0.25, 0.3) is 0 Å². The molecule has 1 aromatic carbocycles. The topological polar surface area (TPSA) is 66.8 Å². The van der Waals surface area contributed by atoms with Gasteiger partial charge in [0.25, 0.3) is 0 Å². The first-order valence-electron chi connectivity index (χ1n) is 4.09. The van der Waals surface area contributed by atoms with Crippen LogP contribution in [0.1, 0.15) is 21.5 Å². The number of methoxy groups -OCH3 is 1. The van der Waals surface area contributed by atoms with Crippen molar-refractivity contribution in [3.8, 4) is 11.5 Å². The summed E-state index contributed by atoms with van der Waals surface area (Å²) in [6.07, 6.45) is 0. The number of rotatable bonds is 2. The molecule has 0 spiro atoms.